The Labute approximate surface area is 145 Å². The van der Waals surface area contributed by atoms with E-state index in [1.54, 1.807) is 45.5 Å². The summed E-state index contributed by atoms with van der Waals surface area (Å²) in [6, 6.07) is 3.69. The first-order valence-corrected chi connectivity index (χ1v) is 8.08. The fourth-order valence-electron chi connectivity index (χ4n) is 2.71. The molecule has 134 valence electrons. The lowest BCUT2D eigenvalue weighted by atomic mass is 10.1. The van der Waals surface area contributed by atoms with Gasteiger partial charge in [0, 0.05) is 47.0 Å². The highest BCUT2D eigenvalue weighted by molar-refractivity contribution is 5.93. The summed E-state index contributed by atoms with van der Waals surface area (Å²) < 4.78 is 8.43. The molecule has 0 aromatic carbocycles. The van der Waals surface area contributed by atoms with Crippen LogP contribution in [0, 0.1) is 0 Å². The third-order valence-electron chi connectivity index (χ3n) is 4.39. The van der Waals surface area contributed by atoms with Crippen molar-refractivity contribution in [1.82, 2.24) is 29.4 Å². The van der Waals surface area contributed by atoms with E-state index in [1.165, 1.54) is 0 Å². The largest absolute Gasteiger partial charge is 0.383 e. The van der Waals surface area contributed by atoms with E-state index >= 15 is 0 Å². The molecule has 0 aliphatic carbocycles. The Kier molecular flexibility index (Phi) is 4.84. The maximum Gasteiger partial charge on any atom is 0.275 e. The maximum absolute atomic E-state index is 12.4. The molecule has 0 N–H and O–H groups in total. The van der Waals surface area contributed by atoms with Gasteiger partial charge in [-0.3, -0.25) is 9.59 Å². The number of carbonyl (C=O) groups excluding carboxylic acids is 2. The van der Waals surface area contributed by atoms with Crippen LogP contribution in [0.5, 0.6) is 0 Å². The van der Waals surface area contributed by atoms with Crippen LogP contribution < -0.4 is 0 Å². The Balaban J connectivity index is 1.57. The van der Waals surface area contributed by atoms with Crippen molar-refractivity contribution in [1.29, 1.82) is 0 Å². The van der Waals surface area contributed by atoms with E-state index in [2.05, 4.69) is 10.3 Å². The predicted molar refractivity (Wildman–Crippen MR) is 89.2 cm³/mol. The molecule has 0 radical (unpaired) electrons. The fourth-order valence-corrected chi connectivity index (χ4v) is 2.71. The lowest BCUT2D eigenvalue weighted by Crippen LogP contribution is -2.51. The summed E-state index contributed by atoms with van der Waals surface area (Å²) in [4.78, 5) is 27.9. The number of aromatic nitrogens is 4. The van der Waals surface area contributed by atoms with Crippen LogP contribution in [0.2, 0.25) is 0 Å². The Morgan fingerprint density at radius 1 is 1.40 bits per heavy atom. The van der Waals surface area contributed by atoms with Gasteiger partial charge in [0.2, 0.25) is 0 Å². The van der Waals surface area contributed by atoms with Crippen molar-refractivity contribution in [2.45, 2.75) is 6.04 Å². The van der Waals surface area contributed by atoms with E-state index in [0.29, 0.717) is 37.6 Å². The number of nitrogens with zero attached hydrogens (tertiary/aromatic N) is 6. The monoisotopic (exact) mass is 346 g/mol. The molecule has 1 aliphatic rings. The number of aryl methyl sites for hydroxylation is 1. The van der Waals surface area contributed by atoms with Crippen LogP contribution in [0.1, 0.15) is 27.0 Å². The van der Waals surface area contributed by atoms with Crippen molar-refractivity contribution in [3.05, 3.63) is 35.9 Å². The van der Waals surface area contributed by atoms with Gasteiger partial charge in [0.25, 0.3) is 11.8 Å². The van der Waals surface area contributed by atoms with Crippen LogP contribution in [-0.4, -0.2) is 81.6 Å². The van der Waals surface area contributed by atoms with Crippen LogP contribution in [0.25, 0.3) is 0 Å². The van der Waals surface area contributed by atoms with Crippen LogP contribution in [0.4, 0.5) is 0 Å². The van der Waals surface area contributed by atoms with Crippen LogP contribution in [0.3, 0.4) is 0 Å². The first-order valence-electron chi connectivity index (χ1n) is 8.08. The molecule has 3 heterocycles. The number of methoxy groups -OCH3 is 1. The molecule has 25 heavy (non-hydrogen) atoms. The van der Waals surface area contributed by atoms with E-state index in [0.717, 1.165) is 0 Å². The van der Waals surface area contributed by atoms with Crippen LogP contribution in [0.15, 0.2) is 24.5 Å². The van der Waals surface area contributed by atoms with E-state index in [1.807, 2.05) is 19.3 Å². The highest BCUT2D eigenvalue weighted by Crippen LogP contribution is 2.22. The second kappa shape index (κ2) is 7.06. The normalized spacial score (nSPS) is 14.4. The van der Waals surface area contributed by atoms with Crippen molar-refractivity contribution < 1.29 is 14.3 Å². The number of hydrogen-bond acceptors (Lipinski definition) is 5. The molecule has 0 spiro atoms. The number of carbonyl (C=O) groups is 2. The minimum atomic E-state index is -0.195. The molecule has 9 nitrogen and oxygen atoms in total. The maximum atomic E-state index is 12.4. The molecule has 2 aromatic heterocycles. The zero-order chi connectivity index (χ0) is 18.0. The molecular weight excluding hydrogens is 324 g/mol. The molecule has 1 fully saturated rings. The Morgan fingerprint density at radius 3 is 2.80 bits per heavy atom. The summed E-state index contributed by atoms with van der Waals surface area (Å²) in [6.45, 7) is 2.07. The van der Waals surface area contributed by atoms with Gasteiger partial charge in [-0.1, -0.05) is 5.21 Å². The van der Waals surface area contributed by atoms with E-state index in [4.69, 9.17) is 4.74 Å². The molecule has 0 saturated carbocycles. The van der Waals surface area contributed by atoms with Gasteiger partial charge in [-0.2, -0.15) is 0 Å². The number of ether oxygens (including phenoxy) is 1. The minimum Gasteiger partial charge on any atom is -0.383 e. The van der Waals surface area contributed by atoms with Gasteiger partial charge in [0.15, 0.2) is 5.69 Å². The van der Waals surface area contributed by atoms with Crippen molar-refractivity contribution in [3.8, 4) is 0 Å². The summed E-state index contributed by atoms with van der Waals surface area (Å²) in [6.07, 6.45) is 3.49. The molecular formula is C16H22N6O3. The van der Waals surface area contributed by atoms with Crippen LogP contribution in [-0.2, 0) is 11.8 Å². The van der Waals surface area contributed by atoms with Gasteiger partial charge in [-0.15, -0.1) is 5.10 Å². The highest BCUT2D eigenvalue weighted by atomic mass is 16.5. The van der Waals surface area contributed by atoms with Gasteiger partial charge >= 0.3 is 0 Å². The summed E-state index contributed by atoms with van der Waals surface area (Å²) in [5, 5.41) is 8.00. The third-order valence-corrected chi connectivity index (χ3v) is 4.39. The van der Waals surface area contributed by atoms with E-state index in [9.17, 15) is 9.59 Å². The van der Waals surface area contributed by atoms with Crippen molar-refractivity contribution in [2.75, 3.05) is 40.4 Å². The number of likely N-dealkylation sites (N-methyl/N-ethyl adjacent to an activating group) is 1. The van der Waals surface area contributed by atoms with E-state index < -0.39 is 0 Å². The lowest BCUT2D eigenvalue weighted by molar-refractivity contribution is 0.0488. The quantitative estimate of drug-likeness (QED) is 0.737. The summed E-state index contributed by atoms with van der Waals surface area (Å²) in [5.74, 6) is -0.196. The second-order valence-electron chi connectivity index (χ2n) is 6.17. The summed E-state index contributed by atoms with van der Waals surface area (Å²) in [5.41, 5.74) is 0.957. The smallest absolute Gasteiger partial charge is 0.275 e. The number of rotatable bonds is 6. The van der Waals surface area contributed by atoms with Gasteiger partial charge in [-0.25, -0.2) is 4.68 Å². The van der Waals surface area contributed by atoms with Gasteiger partial charge < -0.3 is 19.1 Å². The van der Waals surface area contributed by atoms with Crippen molar-refractivity contribution in [2.24, 2.45) is 7.05 Å². The molecule has 9 heteroatoms. The zero-order valence-corrected chi connectivity index (χ0v) is 14.6. The van der Waals surface area contributed by atoms with Crippen molar-refractivity contribution in [3.63, 3.8) is 0 Å². The summed E-state index contributed by atoms with van der Waals surface area (Å²) in [7, 11) is 5.14. The fraction of sp³-hybridized carbons (Fsp3) is 0.500. The first-order chi connectivity index (χ1) is 12.0. The predicted octanol–water partition coefficient (Wildman–Crippen LogP) is 0.0321. The standard InChI is InChI=1S/C16H22N6O3/c1-19-6-4-5-14(19)16(24)21-9-12(10-21)22-11-13(17-18-22)15(23)20(2)7-8-25-3/h4-6,11-12H,7-10H2,1-3H3. The topological polar surface area (TPSA) is 85.5 Å². The van der Waals surface area contributed by atoms with Gasteiger partial charge in [0.05, 0.1) is 18.8 Å². The molecule has 3 rings (SSSR count). The molecule has 0 unspecified atom stereocenters. The average Bonchev–Trinajstić information content (AvgIpc) is 3.19. The molecule has 0 bridgehead atoms. The third kappa shape index (κ3) is 3.41. The molecule has 1 saturated heterocycles. The first kappa shape index (κ1) is 17.2. The average molecular weight is 346 g/mol. The Hall–Kier alpha value is -2.68. The van der Waals surface area contributed by atoms with Gasteiger partial charge in [0.1, 0.15) is 5.69 Å². The molecule has 1 aliphatic heterocycles. The molecule has 2 amide bonds. The lowest BCUT2D eigenvalue weighted by Gasteiger charge is -2.38. The molecule has 2 aromatic rings. The Bertz CT molecular complexity index is 762. The van der Waals surface area contributed by atoms with Crippen LogP contribution >= 0.6 is 0 Å². The second-order valence-corrected chi connectivity index (χ2v) is 6.17. The SMILES string of the molecule is COCCN(C)C(=O)c1cn(C2CN(C(=O)c3cccn3C)C2)nn1. The van der Waals surface area contributed by atoms with E-state index in [-0.39, 0.29) is 17.9 Å². The minimum absolute atomic E-state index is 0.000496. The number of likely N-dealkylation sites (tertiary alicyclic amines) is 1. The van der Waals surface area contributed by atoms with Crippen molar-refractivity contribution >= 4 is 11.8 Å². The highest BCUT2D eigenvalue weighted by Gasteiger charge is 2.34. The number of amides is 2. The molecule has 0 atom stereocenters. The Morgan fingerprint density at radius 2 is 2.16 bits per heavy atom. The van der Waals surface area contributed by atoms with Gasteiger partial charge in [-0.05, 0) is 12.1 Å². The summed E-state index contributed by atoms with van der Waals surface area (Å²) >= 11 is 0. The number of hydrogen-bond donors (Lipinski definition) is 0. The zero-order valence-electron chi connectivity index (χ0n) is 14.6.